The van der Waals surface area contributed by atoms with Crippen LogP contribution in [0.5, 0.6) is 0 Å². The van der Waals surface area contributed by atoms with Crippen molar-refractivity contribution in [3.63, 3.8) is 0 Å². The molecular formula is C22H20N8. The number of guanidine groups is 1. The molecule has 30 heavy (non-hydrogen) atoms. The molecule has 2 aliphatic heterocycles. The molecule has 2 aliphatic rings. The van der Waals surface area contributed by atoms with Gasteiger partial charge in [0.25, 0.3) is 0 Å². The molecule has 0 bridgehead atoms. The maximum atomic E-state index is 4.96. The van der Waals surface area contributed by atoms with E-state index < -0.39 is 0 Å². The fourth-order valence-corrected chi connectivity index (χ4v) is 4.10. The van der Waals surface area contributed by atoms with E-state index in [2.05, 4.69) is 41.8 Å². The van der Waals surface area contributed by atoms with Gasteiger partial charge in [-0.25, -0.2) is 9.98 Å². The lowest BCUT2D eigenvalue weighted by Crippen LogP contribution is -2.57. The van der Waals surface area contributed by atoms with Crippen molar-refractivity contribution in [1.82, 2.24) is 29.7 Å². The highest BCUT2D eigenvalue weighted by atomic mass is 15.5. The van der Waals surface area contributed by atoms with Gasteiger partial charge >= 0.3 is 0 Å². The quantitative estimate of drug-likeness (QED) is 0.574. The number of aromatic nitrogens is 4. The molecule has 0 amide bonds. The molecule has 5 heterocycles. The largest absolute Gasteiger partial charge is 0.331 e. The Morgan fingerprint density at radius 3 is 2.80 bits per heavy atom. The molecule has 6 rings (SSSR count). The standard InChI is InChI=1S/C22H20N8/c1-2-9-19-18(8-1)26-22-29-15-28(13-17-7-3-4-11-24-17)14-25-21(29)27-20(30(19)22)16-6-5-10-23-12-16/h1-12,20H,13-15H2,(H,25,27). The molecule has 1 N–H and O–H groups in total. The van der Waals surface area contributed by atoms with Gasteiger partial charge in [0.2, 0.25) is 11.9 Å². The van der Waals surface area contributed by atoms with Gasteiger partial charge in [-0.1, -0.05) is 24.3 Å². The third-order valence-corrected chi connectivity index (χ3v) is 5.47. The zero-order chi connectivity index (χ0) is 19.9. The Bertz CT molecular complexity index is 1220. The third kappa shape index (κ3) is 2.81. The number of fused-ring (bicyclic) bond motifs is 5. The van der Waals surface area contributed by atoms with Crippen LogP contribution in [-0.2, 0) is 6.54 Å². The summed E-state index contributed by atoms with van der Waals surface area (Å²) in [6.45, 7) is 2.03. The van der Waals surface area contributed by atoms with E-state index in [1.54, 1.807) is 6.20 Å². The van der Waals surface area contributed by atoms with E-state index in [0.717, 1.165) is 40.7 Å². The van der Waals surface area contributed by atoms with Crippen molar-refractivity contribution < 1.29 is 0 Å². The van der Waals surface area contributed by atoms with E-state index in [-0.39, 0.29) is 6.17 Å². The summed E-state index contributed by atoms with van der Waals surface area (Å²) in [6, 6.07) is 18.3. The number of benzene rings is 1. The molecule has 0 saturated carbocycles. The van der Waals surface area contributed by atoms with Crippen LogP contribution >= 0.6 is 0 Å². The van der Waals surface area contributed by atoms with Gasteiger partial charge in [0.15, 0.2) is 0 Å². The maximum absolute atomic E-state index is 4.96. The van der Waals surface area contributed by atoms with Crippen molar-refractivity contribution in [3.05, 3.63) is 84.4 Å². The van der Waals surface area contributed by atoms with Crippen LogP contribution in [0, 0.1) is 0 Å². The fourth-order valence-electron chi connectivity index (χ4n) is 4.10. The number of rotatable bonds is 3. The lowest BCUT2D eigenvalue weighted by atomic mass is 10.2. The van der Waals surface area contributed by atoms with E-state index in [4.69, 9.17) is 9.98 Å². The lowest BCUT2D eigenvalue weighted by Gasteiger charge is -2.41. The van der Waals surface area contributed by atoms with Crippen molar-refractivity contribution in [2.24, 2.45) is 4.99 Å². The molecule has 0 fully saturated rings. The molecule has 4 aromatic rings. The highest BCUT2D eigenvalue weighted by Crippen LogP contribution is 2.33. The van der Waals surface area contributed by atoms with E-state index in [9.17, 15) is 0 Å². The van der Waals surface area contributed by atoms with Gasteiger partial charge in [-0.3, -0.25) is 24.3 Å². The van der Waals surface area contributed by atoms with Gasteiger partial charge in [-0.2, -0.15) is 0 Å². The average Bonchev–Trinajstić information content (AvgIpc) is 3.20. The molecular weight excluding hydrogens is 376 g/mol. The molecule has 1 atom stereocenters. The number of pyridine rings is 2. The zero-order valence-corrected chi connectivity index (χ0v) is 16.3. The van der Waals surface area contributed by atoms with Crippen molar-refractivity contribution in [1.29, 1.82) is 0 Å². The predicted molar refractivity (Wildman–Crippen MR) is 115 cm³/mol. The van der Waals surface area contributed by atoms with Gasteiger partial charge in [0.1, 0.15) is 6.17 Å². The highest BCUT2D eigenvalue weighted by molar-refractivity contribution is 5.98. The maximum Gasteiger partial charge on any atom is 0.216 e. The zero-order valence-electron chi connectivity index (χ0n) is 16.3. The van der Waals surface area contributed by atoms with Crippen LogP contribution in [0.25, 0.3) is 11.0 Å². The molecule has 8 heteroatoms. The molecule has 0 spiro atoms. The summed E-state index contributed by atoms with van der Waals surface area (Å²) in [5, 5.41) is 3.61. The number of nitrogens with zero attached hydrogens (tertiary/aromatic N) is 7. The minimum absolute atomic E-state index is 0.113. The van der Waals surface area contributed by atoms with Gasteiger partial charge in [-0.05, 0) is 30.3 Å². The number of imidazole rings is 1. The third-order valence-electron chi connectivity index (χ3n) is 5.47. The van der Waals surface area contributed by atoms with Crippen LogP contribution in [0.4, 0.5) is 5.95 Å². The summed E-state index contributed by atoms with van der Waals surface area (Å²) in [6.07, 6.45) is 5.40. The summed E-state index contributed by atoms with van der Waals surface area (Å²) < 4.78 is 2.23. The minimum Gasteiger partial charge on any atom is -0.331 e. The number of para-hydroxylation sites is 2. The van der Waals surface area contributed by atoms with Crippen molar-refractivity contribution in [3.8, 4) is 0 Å². The first kappa shape index (κ1) is 17.1. The normalized spacial score (nSPS) is 18.5. The fraction of sp³-hybridized carbons (Fsp3) is 0.182. The molecule has 1 aromatic carbocycles. The smallest absolute Gasteiger partial charge is 0.216 e. The van der Waals surface area contributed by atoms with E-state index in [1.165, 1.54) is 0 Å². The number of anilines is 1. The highest BCUT2D eigenvalue weighted by Gasteiger charge is 2.35. The summed E-state index contributed by atoms with van der Waals surface area (Å²) in [5.74, 6) is 1.72. The van der Waals surface area contributed by atoms with Crippen molar-refractivity contribution >= 4 is 22.9 Å². The Labute approximate surface area is 173 Å². The molecule has 0 radical (unpaired) electrons. The Morgan fingerprint density at radius 2 is 1.93 bits per heavy atom. The number of nitrogens with one attached hydrogen (secondary N) is 1. The second kappa shape index (κ2) is 6.93. The summed E-state index contributed by atoms with van der Waals surface area (Å²) in [4.78, 5) is 23.0. The SMILES string of the molecule is c1ccc(CN2CN=C3NC(c4cccnc4)n4c(nc5ccccc54)N3C2)nc1. The number of hydrogen-bond acceptors (Lipinski definition) is 7. The second-order valence-electron chi connectivity index (χ2n) is 7.45. The van der Waals surface area contributed by atoms with E-state index in [0.29, 0.717) is 13.3 Å². The van der Waals surface area contributed by atoms with Gasteiger partial charge in [0, 0.05) is 30.7 Å². The number of hydrogen-bond donors (Lipinski definition) is 1. The van der Waals surface area contributed by atoms with Crippen molar-refractivity contribution in [2.45, 2.75) is 12.7 Å². The van der Waals surface area contributed by atoms with Crippen LogP contribution in [0.15, 0.2) is 78.2 Å². The molecule has 0 saturated heterocycles. The predicted octanol–water partition coefficient (Wildman–Crippen LogP) is 2.57. The lowest BCUT2D eigenvalue weighted by molar-refractivity contribution is 0.261. The first-order chi connectivity index (χ1) is 14.9. The molecule has 3 aromatic heterocycles. The monoisotopic (exact) mass is 396 g/mol. The van der Waals surface area contributed by atoms with Gasteiger partial charge in [0.05, 0.1) is 30.1 Å². The topological polar surface area (TPSA) is 74.5 Å². The molecule has 8 nitrogen and oxygen atoms in total. The molecule has 1 unspecified atom stereocenters. The Kier molecular flexibility index (Phi) is 3.95. The Hall–Kier alpha value is -3.78. The molecule has 148 valence electrons. The first-order valence-corrected chi connectivity index (χ1v) is 9.94. The Morgan fingerprint density at radius 1 is 1.00 bits per heavy atom. The first-order valence-electron chi connectivity index (χ1n) is 9.94. The summed E-state index contributed by atoms with van der Waals surface area (Å²) >= 11 is 0. The van der Waals surface area contributed by atoms with E-state index in [1.807, 2.05) is 54.9 Å². The Balaban J connectivity index is 1.42. The minimum atomic E-state index is -0.113. The van der Waals surface area contributed by atoms with Crippen molar-refractivity contribution in [2.75, 3.05) is 18.2 Å². The van der Waals surface area contributed by atoms with Crippen LogP contribution in [0.3, 0.4) is 0 Å². The van der Waals surface area contributed by atoms with Crippen LogP contribution in [-0.4, -0.2) is 43.7 Å². The molecule has 0 aliphatic carbocycles. The van der Waals surface area contributed by atoms with E-state index >= 15 is 0 Å². The van der Waals surface area contributed by atoms with Crippen LogP contribution in [0.1, 0.15) is 17.4 Å². The van der Waals surface area contributed by atoms with Crippen LogP contribution in [0.2, 0.25) is 0 Å². The summed E-state index contributed by atoms with van der Waals surface area (Å²) in [7, 11) is 0. The van der Waals surface area contributed by atoms with Crippen LogP contribution < -0.4 is 10.2 Å². The number of aliphatic imine (C=N–C) groups is 1. The van der Waals surface area contributed by atoms with Gasteiger partial charge in [-0.15, -0.1) is 0 Å². The summed E-state index contributed by atoms with van der Waals surface area (Å²) in [5.41, 5.74) is 4.14. The average molecular weight is 396 g/mol. The second-order valence-corrected chi connectivity index (χ2v) is 7.45. The van der Waals surface area contributed by atoms with Gasteiger partial charge < -0.3 is 5.32 Å².